The van der Waals surface area contributed by atoms with Crippen LogP contribution in [0.15, 0.2) is 158 Å². The van der Waals surface area contributed by atoms with Crippen molar-refractivity contribution in [3.8, 4) is 44.5 Å². The second-order valence-corrected chi connectivity index (χ2v) is 15.1. The van der Waals surface area contributed by atoms with Gasteiger partial charge < -0.3 is 4.90 Å². The summed E-state index contributed by atoms with van der Waals surface area (Å²) in [7, 11) is 0. The van der Waals surface area contributed by atoms with E-state index < -0.39 is 0 Å². The highest BCUT2D eigenvalue weighted by molar-refractivity contribution is 6.34. The first kappa shape index (κ1) is 30.7. The molecule has 0 aliphatic heterocycles. The lowest BCUT2D eigenvalue weighted by Crippen LogP contribution is -2.17. The van der Waals surface area contributed by atoms with Crippen molar-refractivity contribution in [3.05, 3.63) is 185 Å². The summed E-state index contributed by atoms with van der Waals surface area (Å²) < 4.78 is 0. The second kappa shape index (κ2) is 11.3. The van der Waals surface area contributed by atoms with Crippen LogP contribution in [0.1, 0.15) is 49.9 Å². The topological polar surface area (TPSA) is 3.24 Å². The molecule has 0 spiro atoms. The normalized spacial score (nSPS) is 14.4. The Kier molecular flexibility index (Phi) is 6.95. The van der Waals surface area contributed by atoms with Crippen molar-refractivity contribution >= 4 is 28.7 Å². The average molecular weight is 664 g/mol. The first-order chi connectivity index (χ1) is 24.2. The van der Waals surface area contributed by atoms with E-state index in [2.05, 4.69) is 184 Å². The largest absolute Gasteiger partial charge is 0.310 e. The second-order valence-electron chi connectivity index (χ2n) is 14.7. The van der Waals surface area contributed by atoms with Gasteiger partial charge in [0.05, 0.1) is 5.69 Å². The van der Waals surface area contributed by atoms with Gasteiger partial charge in [0, 0.05) is 38.4 Å². The van der Waals surface area contributed by atoms with Crippen LogP contribution < -0.4 is 4.90 Å². The van der Waals surface area contributed by atoms with Gasteiger partial charge in [-0.05, 0) is 104 Å². The summed E-state index contributed by atoms with van der Waals surface area (Å²) in [5.74, 6) is 0. The zero-order valence-electron chi connectivity index (χ0n) is 28.8. The molecule has 9 rings (SSSR count). The van der Waals surface area contributed by atoms with Crippen LogP contribution in [-0.4, -0.2) is 0 Å². The maximum atomic E-state index is 6.90. The maximum absolute atomic E-state index is 6.90. The van der Waals surface area contributed by atoms with Gasteiger partial charge in [0.15, 0.2) is 0 Å². The molecule has 7 aromatic carbocycles. The Labute approximate surface area is 300 Å². The van der Waals surface area contributed by atoms with E-state index in [1.807, 2.05) is 6.07 Å². The number of fused-ring (bicyclic) bond motifs is 6. The molecule has 50 heavy (non-hydrogen) atoms. The molecule has 0 unspecified atom stereocenters. The van der Waals surface area contributed by atoms with Crippen molar-refractivity contribution < 1.29 is 0 Å². The Morgan fingerprint density at radius 1 is 0.400 bits per heavy atom. The van der Waals surface area contributed by atoms with Crippen LogP contribution in [0.2, 0.25) is 5.02 Å². The maximum Gasteiger partial charge on any atom is 0.0540 e. The van der Waals surface area contributed by atoms with Gasteiger partial charge in [0.2, 0.25) is 0 Å². The lowest BCUT2D eigenvalue weighted by molar-refractivity contribution is 0.652. The Bertz CT molecular complexity index is 2420. The minimum Gasteiger partial charge on any atom is -0.310 e. The van der Waals surface area contributed by atoms with Crippen molar-refractivity contribution in [2.24, 2.45) is 0 Å². The molecule has 0 fully saturated rings. The van der Waals surface area contributed by atoms with E-state index in [0.717, 1.165) is 22.1 Å². The lowest BCUT2D eigenvalue weighted by atomic mass is 9.79. The van der Waals surface area contributed by atoms with Crippen molar-refractivity contribution in [1.29, 1.82) is 0 Å². The molecule has 1 nitrogen and oxygen atoms in total. The third-order valence-electron chi connectivity index (χ3n) is 11.1. The van der Waals surface area contributed by atoms with Crippen molar-refractivity contribution in [2.75, 3.05) is 4.90 Å². The van der Waals surface area contributed by atoms with Gasteiger partial charge in [0.25, 0.3) is 0 Å². The van der Waals surface area contributed by atoms with Crippen LogP contribution in [0.3, 0.4) is 0 Å². The van der Waals surface area contributed by atoms with Crippen molar-refractivity contribution in [1.82, 2.24) is 0 Å². The molecule has 0 atom stereocenters. The number of para-hydroxylation sites is 1. The quantitative estimate of drug-likeness (QED) is 0.177. The van der Waals surface area contributed by atoms with Crippen molar-refractivity contribution in [3.63, 3.8) is 0 Å². The molecule has 2 heteroatoms. The molecule has 2 aliphatic carbocycles. The van der Waals surface area contributed by atoms with Gasteiger partial charge in [-0.25, -0.2) is 0 Å². The fourth-order valence-electron chi connectivity index (χ4n) is 8.49. The highest BCUT2D eigenvalue weighted by Crippen LogP contribution is 2.58. The number of nitrogens with zero attached hydrogens (tertiary/aromatic N) is 1. The zero-order valence-corrected chi connectivity index (χ0v) is 29.6. The zero-order chi connectivity index (χ0) is 34.2. The predicted octanol–water partition coefficient (Wildman–Crippen LogP) is 13.8. The number of anilines is 3. The Balaban J connectivity index is 1.21. The first-order valence-electron chi connectivity index (χ1n) is 17.5. The Morgan fingerprint density at radius 2 is 0.960 bits per heavy atom. The molecule has 242 valence electrons. The molecular weight excluding hydrogens is 626 g/mol. The van der Waals surface area contributed by atoms with Crippen molar-refractivity contribution in [2.45, 2.75) is 38.5 Å². The van der Waals surface area contributed by atoms with Gasteiger partial charge in [-0.15, -0.1) is 0 Å². The number of rotatable bonds is 5. The smallest absolute Gasteiger partial charge is 0.0540 e. The fourth-order valence-corrected chi connectivity index (χ4v) is 8.76. The van der Waals surface area contributed by atoms with E-state index in [1.54, 1.807) is 0 Å². The van der Waals surface area contributed by atoms with Crippen LogP contribution in [0.5, 0.6) is 0 Å². The van der Waals surface area contributed by atoms with E-state index in [0.29, 0.717) is 0 Å². The molecule has 0 amide bonds. The molecule has 0 radical (unpaired) electrons. The summed E-state index contributed by atoms with van der Waals surface area (Å²) in [6.07, 6.45) is 0. The summed E-state index contributed by atoms with van der Waals surface area (Å²) in [4.78, 5) is 2.43. The predicted molar refractivity (Wildman–Crippen MR) is 212 cm³/mol. The third kappa shape index (κ3) is 4.61. The lowest BCUT2D eigenvalue weighted by Gasteiger charge is -2.30. The summed E-state index contributed by atoms with van der Waals surface area (Å²) in [6, 6.07) is 57.4. The highest BCUT2D eigenvalue weighted by atomic mass is 35.5. The summed E-state index contributed by atoms with van der Waals surface area (Å²) in [6.45, 7) is 9.40. The van der Waals surface area contributed by atoms with E-state index in [4.69, 9.17) is 11.6 Å². The van der Waals surface area contributed by atoms with Gasteiger partial charge >= 0.3 is 0 Å². The monoisotopic (exact) mass is 663 g/mol. The molecule has 7 aromatic rings. The fraction of sp³-hybridized carbons (Fsp3) is 0.125. The minimum absolute atomic E-state index is 0.124. The van der Waals surface area contributed by atoms with Gasteiger partial charge in [-0.2, -0.15) is 0 Å². The number of hydrogen-bond acceptors (Lipinski definition) is 1. The third-order valence-corrected chi connectivity index (χ3v) is 11.5. The van der Waals surface area contributed by atoms with Crippen LogP contribution >= 0.6 is 11.6 Å². The standard InChI is InChI=1S/C48H38ClN/c1-47(2)40-19-13-20-44(49)46(40)39-30-42-38(29-43(39)47)37-27-26-35(28-41(37)48(42,3)4)50(34-24-22-32(23-25-34)31-14-7-5-8-15-31)45-21-12-11-18-36(45)33-16-9-6-10-17-33/h5-30H,1-4H3. The molecule has 0 heterocycles. The van der Waals surface area contributed by atoms with Crippen LogP contribution in [-0.2, 0) is 10.8 Å². The van der Waals surface area contributed by atoms with Crippen LogP contribution in [0.4, 0.5) is 17.1 Å². The summed E-state index contributed by atoms with van der Waals surface area (Å²) >= 11 is 6.90. The number of benzene rings is 7. The van der Waals surface area contributed by atoms with E-state index in [1.165, 1.54) is 66.8 Å². The molecule has 2 aliphatic rings. The summed E-state index contributed by atoms with van der Waals surface area (Å²) in [5.41, 5.74) is 18.3. The molecule has 0 saturated heterocycles. The Morgan fingerprint density at radius 3 is 1.70 bits per heavy atom. The van der Waals surface area contributed by atoms with Crippen LogP contribution in [0.25, 0.3) is 44.5 Å². The SMILES string of the molecule is CC1(C)c2cc(N(c3ccc(-c4ccccc4)cc3)c3ccccc3-c3ccccc3)ccc2-c2cc3c(cc21)-c1c(Cl)cccc1C3(C)C. The molecule has 0 bridgehead atoms. The molecule has 0 aromatic heterocycles. The van der Waals surface area contributed by atoms with E-state index >= 15 is 0 Å². The van der Waals surface area contributed by atoms with E-state index in [9.17, 15) is 0 Å². The molecular formula is C48H38ClN. The average Bonchev–Trinajstić information content (AvgIpc) is 3.51. The number of halogens is 1. The molecule has 0 N–H and O–H groups in total. The Hall–Kier alpha value is -5.37. The minimum atomic E-state index is -0.203. The first-order valence-corrected chi connectivity index (χ1v) is 17.8. The van der Waals surface area contributed by atoms with Gasteiger partial charge in [0.1, 0.15) is 0 Å². The number of hydrogen-bond donors (Lipinski definition) is 0. The van der Waals surface area contributed by atoms with Gasteiger partial charge in [-0.1, -0.05) is 148 Å². The highest BCUT2D eigenvalue weighted by Gasteiger charge is 2.42. The molecule has 0 saturated carbocycles. The van der Waals surface area contributed by atoms with E-state index in [-0.39, 0.29) is 10.8 Å². The van der Waals surface area contributed by atoms with Gasteiger partial charge in [-0.3, -0.25) is 0 Å². The summed E-state index contributed by atoms with van der Waals surface area (Å²) in [5, 5.41) is 0.830. The van der Waals surface area contributed by atoms with Crippen LogP contribution in [0, 0.1) is 0 Å².